The lowest BCUT2D eigenvalue weighted by molar-refractivity contribution is 0.0690. The Labute approximate surface area is 123 Å². The number of para-hydroxylation sites is 1. The monoisotopic (exact) mass is 285 g/mol. The van der Waals surface area contributed by atoms with Crippen LogP contribution in [0.25, 0.3) is 0 Å². The van der Waals surface area contributed by atoms with E-state index in [0.717, 1.165) is 5.56 Å². The molecule has 1 amide bonds. The molecular weight excluding hydrogens is 266 g/mol. The van der Waals surface area contributed by atoms with Crippen LogP contribution in [0.1, 0.15) is 29.8 Å². The number of nitrogens with zero attached hydrogens (tertiary/aromatic N) is 1. The molecule has 21 heavy (non-hydrogen) atoms. The lowest BCUT2D eigenvalue weighted by Gasteiger charge is -2.27. The normalized spacial score (nSPS) is 10.6. The van der Waals surface area contributed by atoms with E-state index in [1.165, 1.54) is 18.3 Å². The first-order chi connectivity index (χ1) is 9.99. The number of nitrogen functional groups attached to an aromatic ring is 1. The van der Waals surface area contributed by atoms with Crippen LogP contribution in [0.5, 0.6) is 0 Å². The molecule has 0 saturated heterocycles. The summed E-state index contributed by atoms with van der Waals surface area (Å²) in [5.41, 5.74) is 7.74. The van der Waals surface area contributed by atoms with Crippen molar-refractivity contribution in [1.82, 2.24) is 9.88 Å². The summed E-state index contributed by atoms with van der Waals surface area (Å²) >= 11 is 0. The molecule has 0 unspecified atom stereocenters. The Morgan fingerprint density at radius 1 is 1.24 bits per heavy atom. The molecule has 1 aromatic carbocycles. The molecule has 0 saturated carbocycles. The van der Waals surface area contributed by atoms with Crippen molar-refractivity contribution in [2.24, 2.45) is 0 Å². The summed E-state index contributed by atoms with van der Waals surface area (Å²) < 4.78 is 0. The molecule has 2 aromatic rings. The van der Waals surface area contributed by atoms with Gasteiger partial charge in [0.15, 0.2) is 0 Å². The van der Waals surface area contributed by atoms with Crippen molar-refractivity contribution in [2.75, 3.05) is 5.73 Å². The second-order valence-electron chi connectivity index (χ2n) is 5.17. The molecule has 0 atom stereocenters. The summed E-state index contributed by atoms with van der Waals surface area (Å²) in [6.07, 6.45) is 1.44. The van der Waals surface area contributed by atoms with Crippen LogP contribution in [0.4, 0.5) is 5.69 Å². The number of H-pyrrole nitrogens is 1. The molecule has 5 heteroatoms. The Bertz CT molecular complexity index is 671. The summed E-state index contributed by atoms with van der Waals surface area (Å²) in [5.74, 6) is -0.135. The topological polar surface area (TPSA) is 79.2 Å². The number of nitrogens with two attached hydrogens (primary N) is 1. The van der Waals surface area contributed by atoms with Crippen LogP contribution in [-0.2, 0) is 6.54 Å². The van der Waals surface area contributed by atoms with E-state index in [9.17, 15) is 9.59 Å². The molecule has 0 spiro atoms. The van der Waals surface area contributed by atoms with Crippen molar-refractivity contribution >= 4 is 11.6 Å². The molecule has 0 aliphatic rings. The lowest BCUT2D eigenvalue weighted by Crippen LogP contribution is -2.36. The van der Waals surface area contributed by atoms with Gasteiger partial charge in [0.1, 0.15) is 0 Å². The number of hydrogen-bond donors (Lipinski definition) is 2. The standard InChI is InChI=1S/C16H19N3O2/c1-11(2)19(10-13-5-3-4-6-14(13)17)16(21)12-7-8-15(20)18-9-12/h3-9,11H,10,17H2,1-2H3,(H,18,20). The molecule has 0 bridgehead atoms. The summed E-state index contributed by atoms with van der Waals surface area (Å²) in [6, 6.07) is 10.4. The minimum Gasteiger partial charge on any atom is -0.398 e. The number of pyridine rings is 1. The van der Waals surface area contributed by atoms with Gasteiger partial charge in [-0.1, -0.05) is 18.2 Å². The van der Waals surface area contributed by atoms with E-state index in [4.69, 9.17) is 5.73 Å². The second kappa shape index (κ2) is 6.26. The Kier molecular flexibility index (Phi) is 4.42. The van der Waals surface area contributed by atoms with Gasteiger partial charge in [0.25, 0.3) is 5.91 Å². The van der Waals surface area contributed by atoms with E-state index >= 15 is 0 Å². The predicted molar refractivity (Wildman–Crippen MR) is 82.9 cm³/mol. The van der Waals surface area contributed by atoms with Crippen molar-refractivity contribution < 1.29 is 4.79 Å². The van der Waals surface area contributed by atoms with Crippen molar-refractivity contribution in [3.63, 3.8) is 0 Å². The number of benzene rings is 1. The Morgan fingerprint density at radius 2 is 1.95 bits per heavy atom. The predicted octanol–water partition coefficient (Wildman–Crippen LogP) is 2.01. The first-order valence-electron chi connectivity index (χ1n) is 6.82. The first kappa shape index (κ1) is 14.8. The highest BCUT2D eigenvalue weighted by Gasteiger charge is 2.19. The van der Waals surface area contributed by atoms with Gasteiger partial charge in [0.05, 0.1) is 5.56 Å². The van der Waals surface area contributed by atoms with E-state index in [2.05, 4.69) is 4.98 Å². The summed E-state index contributed by atoms with van der Waals surface area (Å²) in [6.45, 7) is 4.33. The van der Waals surface area contributed by atoms with Crippen LogP contribution in [0, 0.1) is 0 Å². The largest absolute Gasteiger partial charge is 0.398 e. The van der Waals surface area contributed by atoms with Crippen molar-refractivity contribution in [1.29, 1.82) is 0 Å². The van der Waals surface area contributed by atoms with Gasteiger partial charge in [0.2, 0.25) is 5.56 Å². The van der Waals surface area contributed by atoms with Gasteiger partial charge in [-0.3, -0.25) is 9.59 Å². The molecule has 0 aliphatic carbocycles. The van der Waals surface area contributed by atoms with E-state index < -0.39 is 0 Å². The van der Waals surface area contributed by atoms with Crippen molar-refractivity contribution in [3.05, 3.63) is 64.1 Å². The molecule has 0 radical (unpaired) electrons. The molecule has 110 valence electrons. The third kappa shape index (κ3) is 3.51. The number of rotatable bonds is 4. The maximum atomic E-state index is 12.6. The zero-order valence-electron chi connectivity index (χ0n) is 12.2. The number of nitrogens with one attached hydrogen (secondary N) is 1. The average Bonchev–Trinajstić information content (AvgIpc) is 2.46. The van der Waals surface area contributed by atoms with Crippen LogP contribution in [-0.4, -0.2) is 21.8 Å². The SMILES string of the molecule is CC(C)N(Cc1ccccc1N)C(=O)c1ccc(=O)[nH]c1. The number of aromatic nitrogens is 1. The van der Waals surface area contributed by atoms with Gasteiger partial charge >= 0.3 is 0 Å². The van der Waals surface area contributed by atoms with Crippen molar-refractivity contribution in [2.45, 2.75) is 26.4 Å². The molecule has 3 N–H and O–H groups in total. The molecular formula is C16H19N3O2. The fourth-order valence-corrected chi connectivity index (χ4v) is 2.06. The van der Waals surface area contributed by atoms with E-state index in [1.807, 2.05) is 38.1 Å². The minimum absolute atomic E-state index is 0.0176. The molecule has 0 aliphatic heterocycles. The maximum Gasteiger partial charge on any atom is 0.255 e. The first-order valence-corrected chi connectivity index (χ1v) is 6.82. The van der Waals surface area contributed by atoms with Crippen molar-refractivity contribution in [3.8, 4) is 0 Å². The van der Waals surface area contributed by atoms with Gasteiger partial charge in [-0.2, -0.15) is 0 Å². The Balaban J connectivity index is 2.27. The van der Waals surface area contributed by atoms with Crippen LogP contribution in [0.2, 0.25) is 0 Å². The van der Waals surface area contributed by atoms with Crippen LogP contribution < -0.4 is 11.3 Å². The molecule has 5 nitrogen and oxygen atoms in total. The van der Waals surface area contributed by atoms with Crippen LogP contribution in [0.15, 0.2) is 47.4 Å². The third-order valence-electron chi connectivity index (χ3n) is 3.31. The fraction of sp³-hybridized carbons (Fsp3) is 0.250. The van der Waals surface area contributed by atoms with E-state index in [1.54, 1.807) is 4.90 Å². The number of carbonyl (C=O) groups excluding carboxylic acids is 1. The Morgan fingerprint density at radius 3 is 2.52 bits per heavy atom. The van der Waals surface area contributed by atoms with Gasteiger partial charge in [-0.05, 0) is 31.5 Å². The Hall–Kier alpha value is -2.56. The highest BCUT2D eigenvalue weighted by molar-refractivity contribution is 5.94. The van der Waals surface area contributed by atoms with Gasteiger partial charge in [-0.15, -0.1) is 0 Å². The number of amides is 1. The zero-order chi connectivity index (χ0) is 15.4. The van der Waals surface area contributed by atoms with E-state index in [-0.39, 0.29) is 17.5 Å². The summed E-state index contributed by atoms with van der Waals surface area (Å²) in [7, 11) is 0. The van der Waals surface area contributed by atoms with Gasteiger partial charge in [0, 0.05) is 30.5 Å². The number of hydrogen-bond acceptors (Lipinski definition) is 3. The number of aromatic amines is 1. The maximum absolute atomic E-state index is 12.6. The lowest BCUT2D eigenvalue weighted by atomic mass is 10.1. The molecule has 0 fully saturated rings. The number of anilines is 1. The second-order valence-corrected chi connectivity index (χ2v) is 5.17. The summed E-state index contributed by atoms with van der Waals surface area (Å²) in [4.78, 5) is 27.9. The fourth-order valence-electron chi connectivity index (χ4n) is 2.06. The van der Waals surface area contributed by atoms with Gasteiger partial charge in [-0.25, -0.2) is 0 Å². The smallest absolute Gasteiger partial charge is 0.255 e. The third-order valence-corrected chi connectivity index (χ3v) is 3.31. The highest BCUT2D eigenvalue weighted by atomic mass is 16.2. The minimum atomic E-state index is -0.227. The van der Waals surface area contributed by atoms with Crippen LogP contribution in [0.3, 0.4) is 0 Å². The number of carbonyl (C=O) groups is 1. The van der Waals surface area contributed by atoms with Crippen LogP contribution >= 0.6 is 0 Å². The quantitative estimate of drug-likeness (QED) is 0.843. The molecule has 1 heterocycles. The van der Waals surface area contributed by atoms with E-state index in [0.29, 0.717) is 17.8 Å². The molecule has 2 rings (SSSR count). The summed E-state index contributed by atoms with van der Waals surface area (Å²) in [5, 5.41) is 0. The average molecular weight is 285 g/mol. The molecule has 1 aromatic heterocycles. The zero-order valence-corrected chi connectivity index (χ0v) is 12.2. The van der Waals surface area contributed by atoms with Gasteiger partial charge < -0.3 is 15.6 Å². The highest BCUT2D eigenvalue weighted by Crippen LogP contribution is 2.17.